The third-order valence-electron chi connectivity index (χ3n) is 8.83. The first-order chi connectivity index (χ1) is 21.3. The maximum atomic E-state index is 14.3. The quantitative estimate of drug-likeness (QED) is 0.314. The summed E-state index contributed by atoms with van der Waals surface area (Å²) in [7, 11) is 0. The molecule has 0 atom stereocenters. The Bertz CT molecular complexity index is 1270. The van der Waals surface area contributed by atoms with Crippen molar-refractivity contribution >= 4 is 17.6 Å². The van der Waals surface area contributed by atoms with Gasteiger partial charge in [-0.15, -0.1) is 0 Å². The molecule has 2 aromatic rings. The molecule has 0 bridgehead atoms. The average Bonchev–Trinajstić information content (AvgIpc) is 2.97. The Morgan fingerprint density at radius 3 is 2.31 bits per heavy atom. The molecule has 2 amide bonds. The lowest BCUT2D eigenvalue weighted by molar-refractivity contribution is -0.123. The molecule has 2 heterocycles. The Hall–Kier alpha value is -3.27. The van der Waals surface area contributed by atoms with Crippen LogP contribution in [0.5, 0.6) is 11.5 Å². The van der Waals surface area contributed by atoms with E-state index in [1.165, 1.54) is 43.8 Å². The van der Waals surface area contributed by atoms with E-state index < -0.39 is 5.82 Å². The standard InChI is InChI=1S/C35H53FN6O3/c1-24(2)42(25(3)4)34(44)29-20-27(36)10-13-30(29)45-31-22-37-23-38-33(31)41-18-16-40(17-19-41)15-14-26-8-11-28(12-9-26)39-32(43)21-35(5,6)7/h10,13,20,22-26,28H,8-9,11-12,14-19,21H2,1-7H3,(H,39,43). The summed E-state index contributed by atoms with van der Waals surface area (Å²) in [6.07, 6.45) is 9.34. The third-order valence-corrected chi connectivity index (χ3v) is 8.83. The number of piperazine rings is 1. The van der Waals surface area contributed by atoms with Gasteiger partial charge < -0.3 is 19.9 Å². The summed E-state index contributed by atoms with van der Waals surface area (Å²) in [5.41, 5.74) is 0.196. The van der Waals surface area contributed by atoms with Crippen molar-refractivity contribution in [2.24, 2.45) is 11.3 Å². The summed E-state index contributed by atoms with van der Waals surface area (Å²) in [6, 6.07) is 4.26. The van der Waals surface area contributed by atoms with Crippen LogP contribution in [0, 0.1) is 17.2 Å². The van der Waals surface area contributed by atoms with E-state index in [2.05, 4.69) is 45.9 Å². The minimum Gasteiger partial charge on any atom is -0.451 e. The Morgan fingerprint density at radius 2 is 1.69 bits per heavy atom. The van der Waals surface area contributed by atoms with Crippen LogP contribution >= 0.6 is 0 Å². The molecule has 1 aliphatic carbocycles. The minimum absolute atomic E-state index is 0.0168. The highest BCUT2D eigenvalue weighted by molar-refractivity contribution is 5.97. The van der Waals surface area contributed by atoms with Gasteiger partial charge in [-0.05, 0) is 95.9 Å². The summed E-state index contributed by atoms with van der Waals surface area (Å²) >= 11 is 0. The fraction of sp³-hybridized carbons (Fsp3) is 0.657. The van der Waals surface area contributed by atoms with E-state index in [9.17, 15) is 14.0 Å². The SMILES string of the molecule is CC(C)N(C(=O)c1cc(F)ccc1Oc1cncnc1N1CCN(CCC2CCC(NC(=O)CC(C)(C)C)CC2)CC1)C(C)C. The number of anilines is 1. The predicted molar refractivity (Wildman–Crippen MR) is 176 cm³/mol. The maximum Gasteiger partial charge on any atom is 0.258 e. The molecule has 45 heavy (non-hydrogen) atoms. The number of rotatable bonds is 11. The molecule has 2 fully saturated rings. The van der Waals surface area contributed by atoms with Gasteiger partial charge in [0.25, 0.3) is 5.91 Å². The van der Waals surface area contributed by atoms with E-state index in [0.717, 1.165) is 45.6 Å². The summed E-state index contributed by atoms with van der Waals surface area (Å²) in [5, 5.41) is 3.26. The van der Waals surface area contributed by atoms with Crippen LogP contribution < -0.4 is 15.0 Å². The second kappa shape index (κ2) is 15.3. The number of aromatic nitrogens is 2. The molecule has 248 valence electrons. The van der Waals surface area contributed by atoms with Gasteiger partial charge in [0.15, 0.2) is 11.6 Å². The van der Waals surface area contributed by atoms with Gasteiger partial charge in [-0.25, -0.2) is 14.4 Å². The molecular formula is C35H53FN6O3. The summed E-state index contributed by atoms with van der Waals surface area (Å²) in [6.45, 7) is 18.6. The molecule has 1 aromatic heterocycles. The zero-order valence-electron chi connectivity index (χ0n) is 28.3. The Morgan fingerprint density at radius 1 is 1.02 bits per heavy atom. The molecule has 1 aromatic carbocycles. The van der Waals surface area contributed by atoms with Crippen molar-refractivity contribution in [2.75, 3.05) is 37.6 Å². The van der Waals surface area contributed by atoms with E-state index >= 15 is 0 Å². The van der Waals surface area contributed by atoms with Gasteiger partial charge in [0.2, 0.25) is 5.91 Å². The molecule has 2 aliphatic rings. The number of benzene rings is 1. The molecular weight excluding hydrogens is 571 g/mol. The van der Waals surface area contributed by atoms with Crippen LogP contribution in [0.15, 0.2) is 30.7 Å². The number of carbonyl (C=O) groups excluding carboxylic acids is 2. The number of hydrogen-bond donors (Lipinski definition) is 1. The largest absolute Gasteiger partial charge is 0.451 e. The second-order valence-electron chi connectivity index (χ2n) is 14.5. The zero-order chi connectivity index (χ0) is 32.7. The Kier molecular flexibility index (Phi) is 11.8. The highest BCUT2D eigenvalue weighted by atomic mass is 19.1. The Labute approximate surface area is 268 Å². The third kappa shape index (κ3) is 9.86. The first-order valence-corrected chi connectivity index (χ1v) is 16.7. The van der Waals surface area contributed by atoms with Crippen LogP contribution in [0.25, 0.3) is 0 Å². The van der Waals surface area contributed by atoms with Crippen LogP contribution in [-0.2, 0) is 4.79 Å². The van der Waals surface area contributed by atoms with Gasteiger partial charge in [-0.3, -0.25) is 14.5 Å². The number of nitrogens with one attached hydrogen (secondary N) is 1. The molecule has 1 N–H and O–H groups in total. The summed E-state index contributed by atoms with van der Waals surface area (Å²) in [4.78, 5) is 41.0. The van der Waals surface area contributed by atoms with E-state index in [4.69, 9.17) is 4.74 Å². The van der Waals surface area contributed by atoms with E-state index in [1.54, 1.807) is 11.1 Å². The van der Waals surface area contributed by atoms with Gasteiger partial charge in [-0.2, -0.15) is 0 Å². The molecule has 9 nitrogen and oxygen atoms in total. The van der Waals surface area contributed by atoms with E-state index in [1.807, 2.05) is 27.7 Å². The molecule has 0 spiro atoms. The van der Waals surface area contributed by atoms with E-state index in [0.29, 0.717) is 29.9 Å². The molecule has 1 aliphatic heterocycles. The molecule has 1 saturated heterocycles. The number of halogens is 1. The van der Waals surface area contributed by atoms with Crippen molar-refractivity contribution < 1.29 is 18.7 Å². The van der Waals surface area contributed by atoms with Crippen molar-refractivity contribution in [1.29, 1.82) is 0 Å². The van der Waals surface area contributed by atoms with Crippen molar-refractivity contribution in [3.8, 4) is 11.5 Å². The van der Waals surface area contributed by atoms with Gasteiger partial charge in [0.1, 0.15) is 17.9 Å². The topological polar surface area (TPSA) is 90.9 Å². The molecule has 0 radical (unpaired) electrons. The highest BCUT2D eigenvalue weighted by Gasteiger charge is 2.28. The van der Waals surface area contributed by atoms with Crippen molar-refractivity contribution in [2.45, 2.75) is 105 Å². The minimum atomic E-state index is -0.491. The Balaban J connectivity index is 1.30. The number of amides is 2. The molecule has 1 saturated carbocycles. The fourth-order valence-corrected chi connectivity index (χ4v) is 6.61. The van der Waals surface area contributed by atoms with Crippen LogP contribution in [-0.4, -0.2) is 82.4 Å². The molecule has 10 heteroatoms. The van der Waals surface area contributed by atoms with Crippen molar-refractivity contribution in [1.82, 2.24) is 25.1 Å². The predicted octanol–water partition coefficient (Wildman–Crippen LogP) is 6.29. The monoisotopic (exact) mass is 624 g/mol. The van der Waals surface area contributed by atoms with Crippen LogP contribution in [0.2, 0.25) is 0 Å². The number of hydrogen-bond acceptors (Lipinski definition) is 7. The maximum absolute atomic E-state index is 14.3. The highest BCUT2D eigenvalue weighted by Crippen LogP contribution is 2.34. The zero-order valence-corrected chi connectivity index (χ0v) is 28.3. The van der Waals surface area contributed by atoms with Gasteiger partial charge in [0, 0.05) is 50.7 Å². The van der Waals surface area contributed by atoms with Crippen LogP contribution in [0.3, 0.4) is 0 Å². The van der Waals surface area contributed by atoms with Crippen molar-refractivity contribution in [3.63, 3.8) is 0 Å². The molecule has 0 unspecified atom stereocenters. The average molecular weight is 625 g/mol. The lowest BCUT2D eigenvalue weighted by Gasteiger charge is -2.37. The normalized spacial score (nSPS) is 19.6. The molecule has 4 rings (SSSR count). The second-order valence-corrected chi connectivity index (χ2v) is 14.5. The lowest BCUT2D eigenvalue weighted by atomic mass is 9.83. The number of carbonyl (C=O) groups is 2. The fourth-order valence-electron chi connectivity index (χ4n) is 6.61. The first-order valence-electron chi connectivity index (χ1n) is 16.7. The summed E-state index contributed by atoms with van der Waals surface area (Å²) in [5.74, 6) is 1.51. The van der Waals surface area contributed by atoms with Crippen LogP contribution in [0.1, 0.15) is 97.3 Å². The van der Waals surface area contributed by atoms with E-state index in [-0.39, 0.29) is 40.6 Å². The van der Waals surface area contributed by atoms with Crippen molar-refractivity contribution in [3.05, 3.63) is 42.1 Å². The number of ether oxygens (including phenoxy) is 1. The lowest BCUT2D eigenvalue weighted by Crippen LogP contribution is -2.47. The smallest absolute Gasteiger partial charge is 0.258 e. The van der Waals surface area contributed by atoms with Gasteiger partial charge in [0.05, 0.1) is 11.8 Å². The van der Waals surface area contributed by atoms with Gasteiger partial charge in [-0.1, -0.05) is 20.8 Å². The van der Waals surface area contributed by atoms with Crippen LogP contribution in [0.4, 0.5) is 10.2 Å². The van der Waals surface area contributed by atoms with Gasteiger partial charge >= 0.3 is 0 Å². The summed E-state index contributed by atoms with van der Waals surface area (Å²) < 4.78 is 20.6. The first kappa shape index (κ1) is 34.6. The number of nitrogens with zero attached hydrogens (tertiary/aromatic N) is 5.